The standard InChI is InChI=1S/C30H32Cl2F2N6O3/c1-30(2,15-41)14-36-22(42)13-18-8-10-19(31)23(34)25(18)40-26(17-9-11-21(33)20(32)12-17)24(28-38-39-29(35)43-28)37-27(40)16-6-4-3-5-7-16/h8-12,16,41H,3-7,13-15H2,1-2H3,(H2,35,39)(H,36,42). The van der Waals surface area contributed by atoms with Crippen LogP contribution in [0.4, 0.5) is 14.8 Å². The van der Waals surface area contributed by atoms with Crippen molar-refractivity contribution in [3.05, 3.63) is 63.4 Å². The van der Waals surface area contributed by atoms with Gasteiger partial charge < -0.3 is 20.6 Å². The fourth-order valence-electron chi connectivity index (χ4n) is 5.28. The molecule has 9 nitrogen and oxygen atoms in total. The van der Waals surface area contributed by atoms with Gasteiger partial charge in [0.2, 0.25) is 5.91 Å². The molecule has 1 amide bonds. The van der Waals surface area contributed by atoms with Gasteiger partial charge in [0, 0.05) is 30.0 Å². The van der Waals surface area contributed by atoms with Gasteiger partial charge in [0.25, 0.3) is 5.89 Å². The van der Waals surface area contributed by atoms with Crippen LogP contribution in [0.1, 0.15) is 63.3 Å². The highest BCUT2D eigenvalue weighted by atomic mass is 35.5. The molecule has 0 saturated heterocycles. The van der Waals surface area contributed by atoms with E-state index in [-0.39, 0.29) is 64.7 Å². The number of aromatic nitrogens is 4. The minimum absolute atomic E-state index is 0.0169. The number of carbonyl (C=O) groups is 1. The number of benzene rings is 2. The summed E-state index contributed by atoms with van der Waals surface area (Å²) in [5.74, 6) is -1.36. The predicted molar refractivity (Wildman–Crippen MR) is 160 cm³/mol. The number of halogens is 4. The van der Waals surface area contributed by atoms with Crippen LogP contribution in [0.25, 0.3) is 28.5 Å². The molecule has 1 saturated carbocycles. The summed E-state index contributed by atoms with van der Waals surface area (Å²) in [5, 5.41) is 19.9. The zero-order chi connectivity index (χ0) is 30.9. The van der Waals surface area contributed by atoms with Crippen LogP contribution >= 0.6 is 23.2 Å². The van der Waals surface area contributed by atoms with Gasteiger partial charge in [-0.15, -0.1) is 5.10 Å². The number of anilines is 1. The molecule has 5 rings (SSSR count). The van der Waals surface area contributed by atoms with E-state index in [1.165, 1.54) is 24.3 Å². The van der Waals surface area contributed by atoms with Gasteiger partial charge in [-0.3, -0.25) is 9.36 Å². The number of rotatable bonds is 9. The fraction of sp³-hybridized carbons (Fsp3) is 0.400. The van der Waals surface area contributed by atoms with Crippen LogP contribution in [0.2, 0.25) is 10.0 Å². The van der Waals surface area contributed by atoms with Crippen molar-refractivity contribution < 1.29 is 23.1 Å². The van der Waals surface area contributed by atoms with Crippen LogP contribution < -0.4 is 11.1 Å². The smallest absolute Gasteiger partial charge is 0.313 e. The van der Waals surface area contributed by atoms with E-state index in [0.717, 1.165) is 32.1 Å². The lowest BCUT2D eigenvalue weighted by Crippen LogP contribution is -2.37. The Morgan fingerprint density at radius 2 is 1.88 bits per heavy atom. The highest BCUT2D eigenvalue weighted by molar-refractivity contribution is 6.31. The molecule has 0 unspecified atom stereocenters. The number of hydrogen-bond acceptors (Lipinski definition) is 7. The molecule has 4 aromatic rings. The van der Waals surface area contributed by atoms with Gasteiger partial charge in [0.05, 0.1) is 27.8 Å². The first kappa shape index (κ1) is 30.9. The van der Waals surface area contributed by atoms with Gasteiger partial charge in [0.15, 0.2) is 11.5 Å². The van der Waals surface area contributed by atoms with Crippen LogP contribution in [0, 0.1) is 17.0 Å². The number of aliphatic hydroxyl groups excluding tert-OH is 1. The summed E-state index contributed by atoms with van der Waals surface area (Å²) < 4.78 is 37.8. The van der Waals surface area contributed by atoms with Gasteiger partial charge in [-0.25, -0.2) is 13.8 Å². The first-order valence-corrected chi connectivity index (χ1v) is 14.8. The molecule has 0 bridgehead atoms. The number of nitrogen functional groups attached to an aromatic ring is 1. The van der Waals surface area contributed by atoms with Crippen molar-refractivity contribution in [3.63, 3.8) is 0 Å². The molecule has 43 heavy (non-hydrogen) atoms. The Balaban J connectivity index is 1.77. The largest absolute Gasteiger partial charge is 0.402 e. The number of nitrogens with two attached hydrogens (primary N) is 1. The Bertz CT molecular complexity index is 1650. The van der Waals surface area contributed by atoms with E-state index in [1.807, 2.05) is 13.8 Å². The number of aliphatic hydroxyl groups is 1. The van der Waals surface area contributed by atoms with E-state index in [4.69, 9.17) is 38.3 Å². The molecule has 13 heteroatoms. The van der Waals surface area contributed by atoms with Gasteiger partial charge in [-0.1, -0.05) is 67.5 Å². The molecule has 228 valence electrons. The number of hydrogen-bond donors (Lipinski definition) is 3. The van der Waals surface area contributed by atoms with Crippen LogP contribution in [0.3, 0.4) is 0 Å². The van der Waals surface area contributed by atoms with Crippen molar-refractivity contribution in [3.8, 4) is 28.5 Å². The maximum Gasteiger partial charge on any atom is 0.313 e. The zero-order valence-electron chi connectivity index (χ0n) is 23.8. The summed E-state index contributed by atoms with van der Waals surface area (Å²) >= 11 is 12.6. The highest BCUT2D eigenvalue weighted by Gasteiger charge is 2.33. The van der Waals surface area contributed by atoms with Crippen LogP contribution in [-0.2, 0) is 11.2 Å². The second kappa shape index (κ2) is 12.6. The monoisotopic (exact) mass is 632 g/mol. The molecule has 2 heterocycles. The maximum atomic E-state index is 16.3. The van der Waals surface area contributed by atoms with E-state index in [1.54, 1.807) is 10.6 Å². The van der Waals surface area contributed by atoms with Crippen molar-refractivity contribution in [1.29, 1.82) is 0 Å². The maximum absolute atomic E-state index is 16.3. The Morgan fingerprint density at radius 1 is 1.14 bits per heavy atom. The topological polar surface area (TPSA) is 132 Å². The van der Waals surface area contributed by atoms with E-state index in [2.05, 4.69) is 15.5 Å². The van der Waals surface area contributed by atoms with Gasteiger partial charge in [-0.2, -0.15) is 0 Å². The number of amides is 1. The average Bonchev–Trinajstić information content (AvgIpc) is 3.60. The van der Waals surface area contributed by atoms with E-state index >= 15 is 4.39 Å². The Labute approximate surface area is 257 Å². The van der Waals surface area contributed by atoms with Crippen molar-refractivity contribution in [2.24, 2.45) is 5.41 Å². The molecule has 2 aromatic carbocycles. The van der Waals surface area contributed by atoms with Crippen LogP contribution in [0.5, 0.6) is 0 Å². The molecule has 1 fully saturated rings. The predicted octanol–water partition coefficient (Wildman–Crippen LogP) is 6.48. The number of nitrogens with zero attached hydrogens (tertiary/aromatic N) is 4. The molecule has 0 atom stereocenters. The first-order valence-electron chi connectivity index (χ1n) is 14.0. The third-order valence-corrected chi connectivity index (χ3v) is 8.21. The number of imidazole rings is 1. The summed E-state index contributed by atoms with van der Waals surface area (Å²) in [6.07, 6.45) is 4.35. The van der Waals surface area contributed by atoms with Gasteiger partial charge in [-0.05, 0) is 42.7 Å². The normalized spacial score (nSPS) is 14.3. The lowest BCUT2D eigenvalue weighted by molar-refractivity contribution is -0.121. The molecule has 0 radical (unpaired) electrons. The summed E-state index contributed by atoms with van der Waals surface area (Å²) in [7, 11) is 0. The minimum Gasteiger partial charge on any atom is -0.402 e. The van der Waals surface area contributed by atoms with Gasteiger partial charge in [0.1, 0.15) is 11.6 Å². The Morgan fingerprint density at radius 3 is 2.53 bits per heavy atom. The average molecular weight is 634 g/mol. The Kier molecular flexibility index (Phi) is 9.05. The molecular formula is C30H32Cl2F2N6O3. The SMILES string of the molecule is CC(C)(CO)CNC(=O)Cc1ccc(Cl)c(F)c1-n1c(C2CCCCC2)nc(-c2nnc(N)o2)c1-c1ccc(F)c(Cl)c1. The van der Waals surface area contributed by atoms with E-state index in [0.29, 0.717) is 22.6 Å². The second-order valence-corrected chi connectivity index (χ2v) is 12.4. The fourth-order valence-corrected chi connectivity index (χ4v) is 5.61. The molecule has 0 aliphatic heterocycles. The van der Waals surface area contributed by atoms with Crippen LogP contribution in [-0.4, -0.2) is 43.9 Å². The molecular weight excluding hydrogens is 601 g/mol. The summed E-state index contributed by atoms with van der Waals surface area (Å²) in [6, 6.07) is 6.90. The van der Waals surface area contributed by atoms with Crippen molar-refractivity contribution in [2.75, 3.05) is 18.9 Å². The lowest BCUT2D eigenvalue weighted by atomic mass is 9.88. The molecule has 2 aromatic heterocycles. The minimum atomic E-state index is -0.761. The lowest BCUT2D eigenvalue weighted by Gasteiger charge is -2.25. The summed E-state index contributed by atoms with van der Waals surface area (Å²) in [4.78, 5) is 18.1. The molecule has 0 spiro atoms. The third-order valence-electron chi connectivity index (χ3n) is 7.63. The number of nitrogens with one attached hydrogen (secondary N) is 1. The third kappa shape index (κ3) is 6.53. The molecule has 1 aliphatic carbocycles. The number of carbonyl (C=O) groups excluding carboxylic acids is 1. The Hall–Kier alpha value is -3.54. The van der Waals surface area contributed by atoms with Gasteiger partial charge >= 0.3 is 6.01 Å². The van der Waals surface area contributed by atoms with Crippen molar-refractivity contribution >= 4 is 35.1 Å². The first-order chi connectivity index (χ1) is 20.5. The molecule has 1 aliphatic rings. The molecule has 4 N–H and O–H groups in total. The van der Waals surface area contributed by atoms with Crippen molar-refractivity contribution in [2.45, 2.75) is 58.3 Å². The summed E-state index contributed by atoms with van der Waals surface area (Å²) in [5.41, 5.74) is 6.47. The quantitative estimate of drug-likeness (QED) is 0.192. The second-order valence-electron chi connectivity index (χ2n) is 11.6. The van der Waals surface area contributed by atoms with Crippen molar-refractivity contribution in [1.82, 2.24) is 25.1 Å². The van der Waals surface area contributed by atoms with Crippen LogP contribution in [0.15, 0.2) is 34.7 Å². The summed E-state index contributed by atoms with van der Waals surface area (Å²) in [6.45, 7) is 3.72. The highest BCUT2D eigenvalue weighted by Crippen LogP contribution is 2.43. The van der Waals surface area contributed by atoms with E-state index < -0.39 is 17.0 Å². The van der Waals surface area contributed by atoms with E-state index in [9.17, 15) is 14.3 Å². The zero-order valence-corrected chi connectivity index (χ0v) is 25.3.